The highest BCUT2D eigenvalue weighted by atomic mass is 32.2. The third-order valence-electron chi connectivity index (χ3n) is 6.80. The van der Waals surface area contributed by atoms with Crippen molar-refractivity contribution in [3.05, 3.63) is 82.4 Å². The van der Waals surface area contributed by atoms with E-state index in [4.69, 9.17) is 0 Å². The van der Waals surface area contributed by atoms with Crippen molar-refractivity contribution in [2.24, 2.45) is 0 Å². The molecule has 184 valence electrons. The summed E-state index contributed by atoms with van der Waals surface area (Å²) in [6, 6.07) is 15.9. The largest absolute Gasteiger partial charge is 0.478 e. The summed E-state index contributed by atoms with van der Waals surface area (Å²) in [6.07, 6.45) is 0. The first kappa shape index (κ1) is 24.6. The van der Waals surface area contributed by atoms with Crippen LogP contribution >= 0.6 is 0 Å². The van der Waals surface area contributed by atoms with Gasteiger partial charge in [0, 0.05) is 37.6 Å². The molecule has 35 heavy (non-hydrogen) atoms. The van der Waals surface area contributed by atoms with E-state index in [1.54, 1.807) is 30.3 Å². The fraction of sp³-hybridized carbons (Fsp3) is 0.296. The van der Waals surface area contributed by atoms with E-state index in [-0.39, 0.29) is 16.1 Å². The normalized spacial score (nSPS) is 14.2. The molecular weight excluding hydrogens is 462 g/mol. The van der Waals surface area contributed by atoms with Crippen molar-refractivity contribution >= 4 is 33.1 Å². The number of carboxylic acid groups (broad SMARTS) is 1. The molecule has 0 amide bonds. The predicted octanol–water partition coefficient (Wildman–Crippen LogP) is 4.75. The van der Waals surface area contributed by atoms with Crippen LogP contribution in [0.25, 0.3) is 0 Å². The maximum atomic E-state index is 12.9. The molecule has 1 heterocycles. The highest BCUT2D eigenvalue weighted by molar-refractivity contribution is 7.92. The molecule has 4 rings (SSSR count). The summed E-state index contributed by atoms with van der Waals surface area (Å²) in [5, 5.41) is 9.89. The van der Waals surface area contributed by atoms with Crippen LogP contribution in [0.2, 0.25) is 0 Å². The average molecular weight is 494 g/mol. The molecule has 7 nitrogen and oxygen atoms in total. The van der Waals surface area contributed by atoms with Gasteiger partial charge in [0.2, 0.25) is 0 Å². The zero-order valence-corrected chi connectivity index (χ0v) is 21.3. The van der Waals surface area contributed by atoms with Crippen LogP contribution < -0.4 is 14.5 Å². The second-order valence-corrected chi connectivity index (χ2v) is 10.8. The molecule has 0 unspecified atom stereocenters. The molecular formula is C27H31N3O4S. The van der Waals surface area contributed by atoms with Gasteiger partial charge in [-0.3, -0.25) is 4.72 Å². The van der Waals surface area contributed by atoms with E-state index in [0.29, 0.717) is 18.8 Å². The van der Waals surface area contributed by atoms with E-state index < -0.39 is 16.0 Å². The van der Waals surface area contributed by atoms with Crippen LogP contribution in [0.1, 0.15) is 32.6 Å². The standard InChI is InChI=1S/C27H31N3O4S/c1-18-8-10-23(16-20(18)3)35(33,34)28-22-9-11-26(24(17-22)27(31)32)30-14-12-29(13-15-30)25-7-5-6-19(2)21(25)4/h5-11,16-17,28H,12-15H2,1-4H3,(H,31,32). The molecule has 0 spiro atoms. The number of nitrogens with one attached hydrogen (secondary N) is 1. The Morgan fingerprint density at radius 2 is 1.46 bits per heavy atom. The van der Waals surface area contributed by atoms with Gasteiger partial charge >= 0.3 is 5.97 Å². The number of piperazine rings is 1. The lowest BCUT2D eigenvalue weighted by atomic mass is 10.1. The maximum absolute atomic E-state index is 12.9. The molecule has 1 saturated heterocycles. The fourth-order valence-corrected chi connectivity index (χ4v) is 5.54. The van der Waals surface area contributed by atoms with Gasteiger partial charge in [-0.15, -0.1) is 0 Å². The number of sulfonamides is 1. The molecule has 0 aliphatic carbocycles. The smallest absolute Gasteiger partial charge is 0.337 e. The van der Waals surface area contributed by atoms with Gasteiger partial charge < -0.3 is 14.9 Å². The van der Waals surface area contributed by atoms with Crippen molar-refractivity contribution in [1.29, 1.82) is 0 Å². The minimum atomic E-state index is -3.84. The van der Waals surface area contributed by atoms with Crippen LogP contribution in [0.15, 0.2) is 59.5 Å². The van der Waals surface area contributed by atoms with Gasteiger partial charge in [0.25, 0.3) is 10.0 Å². The first-order valence-corrected chi connectivity index (χ1v) is 13.1. The Morgan fingerprint density at radius 1 is 0.800 bits per heavy atom. The molecule has 3 aromatic rings. The maximum Gasteiger partial charge on any atom is 0.337 e. The van der Waals surface area contributed by atoms with Crippen molar-refractivity contribution in [1.82, 2.24) is 0 Å². The molecule has 0 bridgehead atoms. The van der Waals surface area contributed by atoms with E-state index in [0.717, 1.165) is 24.2 Å². The highest BCUT2D eigenvalue weighted by Crippen LogP contribution is 2.29. The number of carboxylic acids is 1. The van der Waals surface area contributed by atoms with E-state index >= 15 is 0 Å². The summed E-state index contributed by atoms with van der Waals surface area (Å²) in [4.78, 5) is 16.6. The summed E-state index contributed by atoms with van der Waals surface area (Å²) in [7, 11) is -3.84. The zero-order chi connectivity index (χ0) is 25.3. The Morgan fingerprint density at radius 3 is 2.09 bits per heavy atom. The highest BCUT2D eigenvalue weighted by Gasteiger charge is 2.24. The predicted molar refractivity (Wildman–Crippen MR) is 140 cm³/mol. The number of nitrogens with zero attached hydrogens (tertiary/aromatic N) is 2. The van der Waals surface area contributed by atoms with E-state index in [1.165, 1.54) is 22.9 Å². The molecule has 1 aliphatic rings. The average Bonchev–Trinajstić information content (AvgIpc) is 2.82. The van der Waals surface area contributed by atoms with Gasteiger partial charge in [-0.2, -0.15) is 0 Å². The van der Waals surface area contributed by atoms with Crippen molar-refractivity contribution < 1.29 is 18.3 Å². The van der Waals surface area contributed by atoms with Gasteiger partial charge in [0.15, 0.2) is 0 Å². The lowest BCUT2D eigenvalue weighted by Crippen LogP contribution is -2.47. The number of hydrogen-bond donors (Lipinski definition) is 2. The Hall–Kier alpha value is -3.52. The van der Waals surface area contributed by atoms with Crippen LogP contribution in [0.3, 0.4) is 0 Å². The van der Waals surface area contributed by atoms with E-state index in [1.807, 2.05) is 18.7 Å². The molecule has 0 aromatic heterocycles. The lowest BCUT2D eigenvalue weighted by molar-refractivity contribution is 0.0697. The minimum Gasteiger partial charge on any atom is -0.478 e. The summed E-state index contributed by atoms with van der Waals surface area (Å²) < 4.78 is 28.3. The molecule has 0 saturated carbocycles. The van der Waals surface area contributed by atoms with Gasteiger partial charge in [-0.25, -0.2) is 13.2 Å². The fourth-order valence-electron chi connectivity index (χ4n) is 4.41. The van der Waals surface area contributed by atoms with Gasteiger partial charge in [-0.1, -0.05) is 18.2 Å². The number of carbonyl (C=O) groups is 1. The first-order chi connectivity index (χ1) is 16.6. The Balaban J connectivity index is 1.54. The number of aromatic carboxylic acids is 1. The monoisotopic (exact) mass is 493 g/mol. The Bertz CT molecular complexity index is 1380. The van der Waals surface area contributed by atoms with Crippen molar-refractivity contribution in [3.8, 4) is 0 Å². The number of benzene rings is 3. The minimum absolute atomic E-state index is 0.0745. The van der Waals surface area contributed by atoms with Crippen molar-refractivity contribution in [2.75, 3.05) is 40.7 Å². The van der Waals surface area contributed by atoms with Crippen LogP contribution in [0, 0.1) is 27.7 Å². The number of anilines is 3. The lowest BCUT2D eigenvalue weighted by Gasteiger charge is -2.38. The Kier molecular flexibility index (Phi) is 6.76. The molecule has 1 aliphatic heterocycles. The van der Waals surface area contributed by atoms with Crippen LogP contribution in [-0.4, -0.2) is 45.7 Å². The third-order valence-corrected chi connectivity index (χ3v) is 8.18. The van der Waals surface area contributed by atoms with Crippen molar-refractivity contribution in [3.63, 3.8) is 0 Å². The molecule has 0 radical (unpaired) electrons. The molecule has 2 N–H and O–H groups in total. The van der Waals surface area contributed by atoms with E-state index in [2.05, 4.69) is 41.7 Å². The SMILES string of the molecule is Cc1ccc(S(=O)(=O)Nc2ccc(N3CCN(c4cccc(C)c4C)CC3)c(C(=O)O)c2)cc1C. The van der Waals surface area contributed by atoms with E-state index in [9.17, 15) is 18.3 Å². The first-order valence-electron chi connectivity index (χ1n) is 11.6. The van der Waals surface area contributed by atoms with Gasteiger partial charge in [0.1, 0.15) is 0 Å². The zero-order valence-electron chi connectivity index (χ0n) is 20.5. The van der Waals surface area contributed by atoms with Crippen molar-refractivity contribution in [2.45, 2.75) is 32.6 Å². The summed E-state index contributed by atoms with van der Waals surface area (Å²) in [5.41, 5.74) is 6.47. The third kappa shape index (κ3) is 5.12. The second kappa shape index (κ2) is 9.62. The molecule has 8 heteroatoms. The summed E-state index contributed by atoms with van der Waals surface area (Å²) in [6.45, 7) is 10.9. The molecule has 1 fully saturated rings. The topological polar surface area (TPSA) is 90.0 Å². The van der Waals surface area contributed by atoms with Gasteiger partial charge in [-0.05, 0) is 86.3 Å². The number of rotatable bonds is 6. The quantitative estimate of drug-likeness (QED) is 0.515. The van der Waals surface area contributed by atoms with Gasteiger partial charge in [0.05, 0.1) is 16.1 Å². The molecule has 3 aromatic carbocycles. The van der Waals surface area contributed by atoms with Crippen LogP contribution in [0.4, 0.5) is 17.1 Å². The second-order valence-electron chi connectivity index (χ2n) is 9.08. The molecule has 0 atom stereocenters. The summed E-state index contributed by atoms with van der Waals surface area (Å²) >= 11 is 0. The number of aryl methyl sites for hydroxylation is 3. The summed E-state index contributed by atoms with van der Waals surface area (Å²) in [5.74, 6) is -1.09. The number of hydrogen-bond acceptors (Lipinski definition) is 5. The van der Waals surface area contributed by atoms with Crippen LogP contribution in [-0.2, 0) is 10.0 Å². The Labute approximate surface area is 207 Å². The van der Waals surface area contributed by atoms with Crippen LogP contribution in [0.5, 0.6) is 0 Å².